The van der Waals surface area contributed by atoms with Gasteiger partial charge in [-0.15, -0.1) is 0 Å². The van der Waals surface area contributed by atoms with Gasteiger partial charge in [0.1, 0.15) is 24.2 Å². The molecule has 0 aliphatic carbocycles. The van der Waals surface area contributed by atoms with Crippen molar-refractivity contribution in [1.29, 1.82) is 0 Å². The lowest BCUT2D eigenvalue weighted by atomic mass is 10.1. The molecule has 1 atom stereocenters. The molecule has 0 unspecified atom stereocenters. The number of anilines is 1. The Balaban J connectivity index is 1.73. The minimum absolute atomic E-state index is 0.0935. The number of nitrogens with zero attached hydrogens (tertiary/aromatic N) is 1. The molecule has 0 fully saturated rings. The average Bonchev–Trinajstić information content (AvgIpc) is 2.77. The molecule has 3 aromatic rings. The maximum absolute atomic E-state index is 12.9. The van der Waals surface area contributed by atoms with Crippen molar-refractivity contribution >= 4 is 63.0 Å². The standard InChI is InChI=1S/C22H19I2N3O4/c23-16-10-15(11-17(24)20(16)28)12-18(21(29)27-19-8-4-5-9-25-19)26-22(30)31-13-14-6-2-1-3-7-14/h1-11,18,28H,12-13H2,(H,26,30)(H,25,27,29)/t18-/m0/s1. The van der Waals surface area contributed by atoms with Crippen molar-refractivity contribution in [2.75, 3.05) is 5.32 Å². The molecule has 0 radical (unpaired) electrons. The van der Waals surface area contributed by atoms with Crippen LogP contribution in [0.2, 0.25) is 0 Å². The highest BCUT2D eigenvalue weighted by Crippen LogP contribution is 2.28. The third-order valence-electron chi connectivity index (χ3n) is 4.25. The number of amides is 2. The first-order chi connectivity index (χ1) is 14.9. The van der Waals surface area contributed by atoms with Crippen molar-refractivity contribution < 1.29 is 19.4 Å². The molecule has 1 heterocycles. The molecule has 2 aromatic carbocycles. The van der Waals surface area contributed by atoms with Gasteiger partial charge >= 0.3 is 6.09 Å². The fourth-order valence-electron chi connectivity index (χ4n) is 2.74. The summed E-state index contributed by atoms with van der Waals surface area (Å²) in [5.74, 6) is 0.148. The summed E-state index contributed by atoms with van der Waals surface area (Å²) in [6, 6.07) is 17.1. The Morgan fingerprint density at radius 3 is 2.32 bits per heavy atom. The zero-order chi connectivity index (χ0) is 22.2. The number of carbonyl (C=O) groups is 2. The second-order valence-electron chi connectivity index (χ2n) is 6.58. The normalized spacial score (nSPS) is 11.4. The zero-order valence-electron chi connectivity index (χ0n) is 16.2. The van der Waals surface area contributed by atoms with E-state index in [1.807, 2.05) is 75.5 Å². The number of alkyl carbamates (subject to hydrolysis) is 1. The van der Waals surface area contributed by atoms with Crippen molar-refractivity contribution in [2.45, 2.75) is 19.1 Å². The number of halogens is 2. The third kappa shape index (κ3) is 7.06. The number of benzene rings is 2. The molecule has 0 saturated heterocycles. The summed E-state index contributed by atoms with van der Waals surface area (Å²) in [4.78, 5) is 29.4. The molecule has 0 saturated carbocycles. The Morgan fingerprint density at radius 1 is 1.00 bits per heavy atom. The quantitative estimate of drug-likeness (QED) is 0.330. The summed E-state index contributed by atoms with van der Waals surface area (Å²) < 4.78 is 6.60. The predicted octanol–water partition coefficient (Wildman–Crippen LogP) is 4.47. The largest absolute Gasteiger partial charge is 0.506 e. The minimum Gasteiger partial charge on any atom is -0.506 e. The lowest BCUT2D eigenvalue weighted by molar-refractivity contribution is -0.118. The van der Waals surface area contributed by atoms with Crippen LogP contribution in [0, 0.1) is 7.14 Å². The smallest absolute Gasteiger partial charge is 0.408 e. The van der Waals surface area contributed by atoms with Gasteiger partial charge in [-0.2, -0.15) is 0 Å². The van der Waals surface area contributed by atoms with Crippen LogP contribution in [0.5, 0.6) is 5.75 Å². The molecule has 0 aliphatic heterocycles. The second-order valence-corrected chi connectivity index (χ2v) is 8.90. The van der Waals surface area contributed by atoms with Gasteiger partial charge in [-0.3, -0.25) is 4.79 Å². The number of phenolic OH excluding ortho intramolecular Hbond substituents is 1. The number of hydrogen-bond donors (Lipinski definition) is 3. The number of hydrogen-bond acceptors (Lipinski definition) is 5. The summed E-state index contributed by atoms with van der Waals surface area (Å²) in [6.07, 6.45) is 1.08. The van der Waals surface area contributed by atoms with Crippen LogP contribution in [0.3, 0.4) is 0 Å². The van der Waals surface area contributed by atoms with Gasteiger partial charge in [-0.1, -0.05) is 36.4 Å². The molecule has 31 heavy (non-hydrogen) atoms. The van der Waals surface area contributed by atoms with Gasteiger partial charge in [0.2, 0.25) is 5.91 Å². The van der Waals surface area contributed by atoms with Crippen LogP contribution < -0.4 is 10.6 Å². The number of pyridine rings is 1. The molecule has 2 amide bonds. The molecule has 0 spiro atoms. The van der Waals surface area contributed by atoms with E-state index in [9.17, 15) is 14.7 Å². The topological polar surface area (TPSA) is 101 Å². The number of rotatable bonds is 7. The maximum atomic E-state index is 12.9. The second kappa shape index (κ2) is 11.3. The minimum atomic E-state index is -0.901. The Bertz CT molecular complexity index is 1030. The number of ether oxygens (including phenoxy) is 1. The van der Waals surface area contributed by atoms with E-state index < -0.39 is 18.0 Å². The van der Waals surface area contributed by atoms with Crippen LogP contribution in [-0.2, 0) is 22.6 Å². The van der Waals surface area contributed by atoms with Crippen LogP contribution in [0.1, 0.15) is 11.1 Å². The first-order valence-corrected chi connectivity index (χ1v) is 11.4. The highest BCUT2D eigenvalue weighted by Gasteiger charge is 2.23. The fourth-order valence-corrected chi connectivity index (χ4v) is 4.64. The van der Waals surface area contributed by atoms with Crippen molar-refractivity contribution in [2.24, 2.45) is 0 Å². The van der Waals surface area contributed by atoms with Crippen LogP contribution in [0.25, 0.3) is 0 Å². The number of carbonyl (C=O) groups excluding carboxylic acids is 2. The van der Waals surface area contributed by atoms with Crippen LogP contribution in [0.4, 0.5) is 10.6 Å². The number of aromatic nitrogens is 1. The number of nitrogens with one attached hydrogen (secondary N) is 2. The monoisotopic (exact) mass is 643 g/mol. The van der Waals surface area contributed by atoms with Gasteiger partial charge in [-0.25, -0.2) is 9.78 Å². The van der Waals surface area contributed by atoms with Gasteiger partial charge in [0.25, 0.3) is 0 Å². The van der Waals surface area contributed by atoms with E-state index >= 15 is 0 Å². The highest BCUT2D eigenvalue weighted by atomic mass is 127. The maximum Gasteiger partial charge on any atom is 0.408 e. The first kappa shape index (κ1) is 23.3. The van der Waals surface area contributed by atoms with Gasteiger partial charge < -0.3 is 20.5 Å². The van der Waals surface area contributed by atoms with E-state index in [1.54, 1.807) is 36.5 Å². The van der Waals surface area contributed by atoms with Gasteiger partial charge in [0.05, 0.1) is 7.14 Å². The Kier molecular flexibility index (Phi) is 8.46. The summed E-state index contributed by atoms with van der Waals surface area (Å²) >= 11 is 4.05. The molecule has 0 bridgehead atoms. The Hall–Kier alpha value is -2.41. The van der Waals surface area contributed by atoms with E-state index in [2.05, 4.69) is 15.6 Å². The first-order valence-electron chi connectivity index (χ1n) is 9.28. The highest BCUT2D eigenvalue weighted by molar-refractivity contribution is 14.1. The molecule has 1 aromatic heterocycles. The molecular weight excluding hydrogens is 624 g/mol. The van der Waals surface area contributed by atoms with E-state index in [4.69, 9.17) is 4.74 Å². The van der Waals surface area contributed by atoms with Crippen molar-refractivity contribution in [3.8, 4) is 5.75 Å². The van der Waals surface area contributed by atoms with Gasteiger partial charge in [-0.05, 0) is 80.6 Å². The van der Waals surface area contributed by atoms with Crippen molar-refractivity contribution in [1.82, 2.24) is 10.3 Å². The Morgan fingerprint density at radius 2 is 1.68 bits per heavy atom. The molecule has 9 heteroatoms. The number of aromatic hydroxyl groups is 1. The fraction of sp³-hybridized carbons (Fsp3) is 0.136. The molecule has 3 rings (SSSR count). The van der Waals surface area contributed by atoms with E-state index in [0.717, 1.165) is 11.1 Å². The zero-order valence-corrected chi connectivity index (χ0v) is 20.5. The lowest BCUT2D eigenvalue weighted by Gasteiger charge is -2.19. The Labute approximate surface area is 206 Å². The summed E-state index contributed by atoms with van der Waals surface area (Å²) in [7, 11) is 0. The van der Waals surface area contributed by atoms with Crippen LogP contribution >= 0.6 is 45.2 Å². The van der Waals surface area contributed by atoms with Gasteiger partial charge in [0.15, 0.2) is 0 Å². The summed E-state index contributed by atoms with van der Waals surface area (Å²) in [5, 5.41) is 15.3. The summed E-state index contributed by atoms with van der Waals surface area (Å²) in [6.45, 7) is 0.0935. The molecule has 3 N–H and O–H groups in total. The third-order valence-corrected chi connectivity index (χ3v) is 5.90. The number of phenols is 1. The van der Waals surface area contributed by atoms with Crippen molar-refractivity contribution in [3.05, 3.63) is 85.1 Å². The van der Waals surface area contributed by atoms with E-state index in [-0.39, 0.29) is 18.8 Å². The molecule has 0 aliphatic rings. The molecular formula is C22H19I2N3O4. The van der Waals surface area contributed by atoms with Crippen LogP contribution in [-0.4, -0.2) is 28.1 Å². The summed E-state index contributed by atoms with van der Waals surface area (Å²) in [5.41, 5.74) is 1.63. The average molecular weight is 643 g/mol. The van der Waals surface area contributed by atoms with E-state index in [1.165, 1.54) is 0 Å². The lowest BCUT2D eigenvalue weighted by Crippen LogP contribution is -2.45. The SMILES string of the molecule is O=C(N[C@@H](Cc1cc(I)c(O)c(I)c1)C(=O)Nc1ccccn1)OCc1ccccc1. The van der Waals surface area contributed by atoms with E-state index in [0.29, 0.717) is 13.0 Å². The van der Waals surface area contributed by atoms with Crippen molar-refractivity contribution in [3.63, 3.8) is 0 Å². The predicted molar refractivity (Wildman–Crippen MR) is 134 cm³/mol. The van der Waals surface area contributed by atoms with Gasteiger partial charge in [0, 0.05) is 12.6 Å². The molecule has 160 valence electrons. The molecule has 7 nitrogen and oxygen atoms in total. The van der Waals surface area contributed by atoms with Crippen LogP contribution in [0.15, 0.2) is 66.9 Å².